The zero-order valence-electron chi connectivity index (χ0n) is 32.0. The van der Waals surface area contributed by atoms with Gasteiger partial charge in [-0.05, 0) is 117 Å². The number of amides is 1. The third-order valence-corrected chi connectivity index (χ3v) is 13.4. The zero-order valence-corrected chi connectivity index (χ0v) is 33.6. The maximum absolute atomic E-state index is 13.9. The normalized spacial score (nSPS) is 17.6. The monoisotopic (exact) mass is 827 g/mol. The van der Waals surface area contributed by atoms with Crippen LogP contribution in [0, 0.1) is 21.4 Å². The van der Waals surface area contributed by atoms with Crippen LogP contribution in [0.5, 0.6) is 11.5 Å². The van der Waals surface area contributed by atoms with Crippen molar-refractivity contribution in [1.29, 1.82) is 0 Å². The second-order valence-corrected chi connectivity index (χ2v) is 17.7. The van der Waals surface area contributed by atoms with Crippen molar-refractivity contribution in [2.75, 3.05) is 56.2 Å². The van der Waals surface area contributed by atoms with E-state index in [2.05, 4.69) is 41.9 Å². The molecule has 3 N–H and O–H groups in total. The number of rotatable bonds is 12. The number of nitrogens with zero attached hydrogens (tertiary/aromatic N) is 4. The smallest absolute Gasteiger partial charge is 0.293 e. The first-order valence-electron chi connectivity index (χ1n) is 19.7. The number of hydrogen-bond donors (Lipinski definition) is 3. The number of ether oxygens (including phenoxy) is 2. The van der Waals surface area contributed by atoms with Crippen molar-refractivity contribution in [2.45, 2.75) is 50.0 Å². The molecule has 3 saturated heterocycles. The van der Waals surface area contributed by atoms with Crippen LogP contribution in [0.25, 0.3) is 11.0 Å². The Morgan fingerprint density at radius 2 is 1.72 bits per heavy atom. The second kappa shape index (κ2) is 16.9. The van der Waals surface area contributed by atoms with Crippen LogP contribution >= 0.6 is 11.6 Å². The molecule has 0 atom stereocenters. The van der Waals surface area contributed by atoms with E-state index in [1.165, 1.54) is 23.9 Å². The van der Waals surface area contributed by atoms with Crippen LogP contribution in [-0.4, -0.2) is 80.1 Å². The predicted octanol–water partition coefficient (Wildman–Crippen LogP) is 7.76. The number of aromatic amines is 1. The molecular weight excluding hydrogens is 782 g/mol. The van der Waals surface area contributed by atoms with E-state index in [-0.39, 0.29) is 28.3 Å². The number of sulfonamides is 1. The average Bonchev–Trinajstić information content (AvgIpc) is 3.70. The number of halogens is 1. The van der Waals surface area contributed by atoms with Crippen LogP contribution in [0.15, 0.2) is 90.1 Å². The van der Waals surface area contributed by atoms with Gasteiger partial charge in [-0.15, -0.1) is 0 Å². The first-order valence-corrected chi connectivity index (χ1v) is 21.5. The number of piperidine rings is 2. The molecule has 1 spiro atoms. The van der Waals surface area contributed by atoms with Crippen molar-refractivity contribution in [3.05, 3.63) is 111 Å². The standard InChI is InChI=1S/C42H46ClN7O7S/c43-32-3-1-30(2-4-32)28-48-17-12-42(13-18-48)14-19-49(20-15-42)33-5-7-36(39(24-33)57-34-23-31-9-16-44-40(31)46-27-34)41(51)47-58(54,55)35-6-8-37(38(25-35)50(52)53)45-26-29-10-21-56-22-11-29/h1-9,16,23-25,27,29,45H,10-15,17-22,26,28H2,(H,44,46)(H,47,51). The lowest BCUT2D eigenvalue weighted by atomic mass is 9.71. The number of carbonyl (C=O) groups is 1. The number of benzene rings is 3. The van der Waals surface area contributed by atoms with Crippen LogP contribution in [0.4, 0.5) is 17.1 Å². The summed E-state index contributed by atoms with van der Waals surface area (Å²) in [5.41, 5.74) is 2.82. The fourth-order valence-corrected chi connectivity index (χ4v) is 9.39. The Kier molecular flexibility index (Phi) is 11.6. The molecule has 3 fully saturated rings. The minimum absolute atomic E-state index is 0.0210. The highest BCUT2D eigenvalue weighted by molar-refractivity contribution is 7.90. The van der Waals surface area contributed by atoms with Crippen LogP contribution in [-0.2, 0) is 21.3 Å². The number of aromatic nitrogens is 2. The van der Waals surface area contributed by atoms with Gasteiger partial charge in [-0.25, -0.2) is 18.1 Å². The summed E-state index contributed by atoms with van der Waals surface area (Å²) < 4.78 is 41.1. The van der Waals surface area contributed by atoms with Crippen molar-refractivity contribution in [2.24, 2.45) is 11.3 Å². The number of likely N-dealkylation sites (tertiary alicyclic amines) is 1. The minimum Gasteiger partial charge on any atom is -0.455 e. The number of carbonyl (C=O) groups excluding carboxylic acids is 1. The Balaban J connectivity index is 0.977. The molecule has 0 bridgehead atoms. The molecule has 0 radical (unpaired) electrons. The Hall–Kier alpha value is -5.22. The quantitative estimate of drug-likeness (QED) is 0.0830. The molecule has 304 valence electrons. The topological polar surface area (TPSA) is 172 Å². The van der Waals surface area contributed by atoms with E-state index in [4.69, 9.17) is 21.1 Å². The van der Waals surface area contributed by atoms with E-state index in [0.717, 1.165) is 93.4 Å². The Morgan fingerprint density at radius 1 is 0.983 bits per heavy atom. The molecule has 0 unspecified atom stereocenters. The summed E-state index contributed by atoms with van der Waals surface area (Å²) >= 11 is 6.09. The third kappa shape index (κ3) is 9.07. The van der Waals surface area contributed by atoms with Gasteiger partial charge in [-0.3, -0.25) is 19.8 Å². The van der Waals surface area contributed by atoms with Gasteiger partial charge in [0.05, 0.1) is 21.6 Å². The van der Waals surface area contributed by atoms with Crippen molar-refractivity contribution >= 4 is 55.6 Å². The zero-order chi connectivity index (χ0) is 40.3. The maximum Gasteiger partial charge on any atom is 0.293 e. The molecule has 3 aliphatic rings. The van der Waals surface area contributed by atoms with Gasteiger partial charge in [0.1, 0.15) is 22.8 Å². The highest BCUT2D eigenvalue weighted by Gasteiger charge is 2.38. The molecule has 5 aromatic rings. The molecule has 1 amide bonds. The van der Waals surface area contributed by atoms with Crippen molar-refractivity contribution in [3.63, 3.8) is 0 Å². The predicted molar refractivity (Wildman–Crippen MR) is 222 cm³/mol. The van der Waals surface area contributed by atoms with Crippen LogP contribution < -0.4 is 19.7 Å². The highest BCUT2D eigenvalue weighted by atomic mass is 35.5. The van der Waals surface area contributed by atoms with E-state index in [0.29, 0.717) is 31.2 Å². The second-order valence-electron chi connectivity index (χ2n) is 15.6. The number of nitro groups is 1. The van der Waals surface area contributed by atoms with Gasteiger partial charge < -0.3 is 24.7 Å². The first-order chi connectivity index (χ1) is 28.0. The maximum atomic E-state index is 13.9. The number of pyridine rings is 1. The summed E-state index contributed by atoms with van der Waals surface area (Å²) in [4.78, 5) is 37.1. The average molecular weight is 828 g/mol. The minimum atomic E-state index is -4.54. The van der Waals surface area contributed by atoms with Crippen molar-refractivity contribution in [3.8, 4) is 11.5 Å². The molecule has 8 rings (SSSR count). The van der Waals surface area contributed by atoms with E-state index in [1.54, 1.807) is 30.5 Å². The molecule has 0 saturated carbocycles. The molecule has 3 aromatic carbocycles. The Labute approximate surface area is 342 Å². The Bertz CT molecular complexity index is 2380. The highest BCUT2D eigenvalue weighted by Crippen LogP contribution is 2.43. The van der Waals surface area contributed by atoms with Gasteiger partial charge in [0.25, 0.3) is 21.6 Å². The first kappa shape index (κ1) is 39.6. The number of nitro benzene ring substituents is 1. The molecule has 2 aromatic heterocycles. The molecule has 0 aliphatic carbocycles. The molecule has 16 heteroatoms. The van der Waals surface area contributed by atoms with Gasteiger partial charge >= 0.3 is 0 Å². The summed E-state index contributed by atoms with van der Waals surface area (Å²) in [6.07, 6.45) is 9.27. The summed E-state index contributed by atoms with van der Waals surface area (Å²) in [6.45, 7) is 6.39. The van der Waals surface area contributed by atoms with Gasteiger partial charge in [0.15, 0.2) is 0 Å². The van der Waals surface area contributed by atoms with Gasteiger partial charge in [-0.1, -0.05) is 23.7 Å². The van der Waals surface area contributed by atoms with Crippen LogP contribution in [0.3, 0.4) is 0 Å². The van der Waals surface area contributed by atoms with Gasteiger partial charge in [0.2, 0.25) is 0 Å². The summed E-state index contributed by atoms with van der Waals surface area (Å²) in [6, 6.07) is 20.4. The van der Waals surface area contributed by atoms with E-state index in [1.807, 2.05) is 18.2 Å². The number of nitrogens with one attached hydrogen (secondary N) is 3. The SMILES string of the molecule is O=C(NS(=O)(=O)c1ccc(NCC2CCOCC2)c([N+](=O)[O-])c1)c1ccc(N2CCC3(CCN(Cc4ccc(Cl)cc4)CC3)CC2)cc1Oc1cnc2[nH]ccc2c1. The number of hydrogen-bond acceptors (Lipinski definition) is 11. The van der Waals surface area contributed by atoms with Crippen LogP contribution in [0.1, 0.15) is 54.4 Å². The summed E-state index contributed by atoms with van der Waals surface area (Å²) in [5.74, 6) is -0.147. The lowest BCUT2D eigenvalue weighted by molar-refractivity contribution is -0.384. The molecule has 14 nitrogen and oxygen atoms in total. The molecular formula is C42H46ClN7O7S. The van der Waals surface area contributed by atoms with Crippen molar-refractivity contribution < 1.29 is 27.6 Å². The fourth-order valence-electron chi connectivity index (χ4n) is 8.27. The fraction of sp³-hybridized carbons (Fsp3) is 0.381. The number of anilines is 2. The summed E-state index contributed by atoms with van der Waals surface area (Å²) in [5, 5.41) is 16.7. The van der Waals surface area contributed by atoms with Gasteiger partial charge in [0, 0.05) is 73.8 Å². The van der Waals surface area contributed by atoms with E-state index in [9.17, 15) is 23.3 Å². The van der Waals surface area contributed by atoms with Gasteiger partial charge in [-0.2, -0.15) is 0 Å². The Morgan fingerprint density at radius 3 is 2.47 bits per heavy atom. The van der Waals surface area contributed by atoms with E-state index < -0.39 is 31.4 Å². The molecule has 5 heterocycles. The summed E-state index contributed by atoms with van der Waals surface area (Å²) in [7, 11) is -4.54. The lowest BCUT2D eigenvalue weighted by Gasteiger charge is -2.47. The van der Waals surface area contributed by atoms with Crippen molar-refractivity contribution in [1.82, 2.24) is 19.6 Å². The lowest BCUT2D eigenvalue weighted by Crippen LogP contribution is -2.46. The third-order valence-electron chi connectivity index (χ3n) is 11.9. The number of fused-ring (bicyclic) bond motifs is 1. The number of H-pyrrole nitrogens is 1. The molecule has 58 heavy (non-hydrogen) atoms. The largest absolute Gasteiger partial charge is 0.455 e. The van der Waals surface area contributed by atoms with E-state index >= 15 is 0 Å². The molecule has 3 aliphatic heterocycles. The van der Waals surface area contributed by atoms with Crippen LogP contribution in [0.2, 0.25) is 5.02 Å².